The van der Waals surface area contributed by atoms with E-state index in [1.54, 1.807) is 18.2 Å². The lowest BCUT2D eigenvalue weighted by molar-refractivity contribution is -0.139. The van der Waals surface area contributed by atoms with Gasteiger partial charge < -0.3 is 24.2 Å². The van der Waals surface area contributed by atoms with Crippen molar-refractivity contribution in [3.63, 3.8) is 0 Å². The fourth-order valence-electron chi connectivity index (χ4n) is 5.21. The van der Waals surface area contributed by atoms with Crippen LogP contribution in [0.2, 0.25) is 0 Å². The molecule has 4 aromatic rings. The third-order valence-electron chi connectivity index (χ3n) is 7.26. The molecule has 0 saturated carbocycles. The van der Waals surface area contributed by atoms with Crippen LogP contribution in [0.4, 0.5) is 0 Å². The molecule has 1 fully saturated rings. The molecule has 2 aliphatic heterocycles. The van der Waals surface area contributed by atoms with E-state index < -0.39 is 17.7 Å². The van der Waals surface area contributed by atoms with Gasteiger partial charge in [0.1, 0.15) is 31.3 Å². The Balaban J connectivity index is 1.38. The minimum Gasteiger partial charge on any atom is -0.507 e. The Bertz CT molecular complexity index is 1600. The van der Waals surface area contributed by atoms with Gasteiger partial charge in [-0.25, -0.2) is 0 Å². The van der Waals surface area contributed by atoms with Crippen LogP contribution in [-0.2, 0) is 22.6 Å². The molecule has 7 nitrogen and oxygen atoms in total. The van der Waals surface area contributed by atoms with E-state index in [-0.39, 0.29) is 11.3 Å². The zero-order valence-electron chi connectivity index (χ0n) is 22.4. The van der Waals surface area contributed by atoms with E-state index in [1.165, 1.54) is 4.90 Å². The highest BCUT2D eigenvalue weighted by Crippen LogP contribution is 2.42. The van der Waals surface area contributed by atoms with Crippen LogP contribution in [0, 0.1) is 0 Å². The van der Waals surface area contributed by atoms with E-state index >= 15 is 0 Å². The van der Waals surface area contributed by atoms with E-state index in [9.17, 15) is 14.7 Å². The summed E-state index contributed by atoms with van der Waals surface area (Å²) < 4.78 is 17.3. The van der Waals surface area contributed by atoms with Crippen LogP contribution >= 0.6 is 0 Å². The number of ether oxygens (including phenoxy) is 3. The van der Waals surface area contributed by atoms with Crippen molar-refractivity contribution >= 4 is 17.4 Å². The maximum atomic E-state index is 13.5. The molecule has 1 atom stereocenters. The number of carbonyl (C=O) groups excluding carboxylic acids is 2. The maximum absolute atomic E-state index is 13.5. The number of benzene rings is 4. The molecule has 0 aromatic heterocycles. The maximum Gasteiger partial charge on any atom is 0.295 e. The average Bonchev–Trinajstić information content (AvgIpc) is 3.28. The lowest BCUT2D eigenvalue weighted by atomic mass is 9.95. The summed E-state index contributed by atoms with van der Waals surface area (Å²) in [4.78, 5) is 28.5. The number of fused-ring (bicyclic) bond motifs is 1. The zero-order valence-corrected chi connectivity index (χ0v) is 22.4. The van der Waals surface area contributed by atoms with E-state index in [1.807, 2.05) is 84.9 Å². The Labute approximate surface area is 238 Å². The number of carbonyl (C=O) groups is 2. The molecule has 206 valence electrons. The molecule has 0 spiro atoms. The second-order valence-electron chi connectivity index (χ2n) is 9.93. The van der Waals surface area contributed by atoms with Gasteiger partial charge in [0.15, 0.2) is 11.5 Å². The first-order chi connectivity index (χ1) is 20.1. The zero-order chi connectivity index (χ0) is 28.2. The summed E-state index contributed by atoms with van der Waals surface area (Å²) >= 11 is 0. The van der Waals surface area contributed by atoms with E-state index in [0.29, 0.717) is 61.2 Å². The Morgan fingerprint density at radius 1 is 0.805 bits per heavy atom. The molecular weight excluding hydrogens is 518 g/mol. The second-order valence-corrected chi connectivity index (χ2v) is 9.93. The molecule has 6 rings (SSSR count). The first-order valence-corrected chi connectivity index (χ1v) is 13.6. The summed E-state index contributed by atoms with van der Waals surface area (Å²) in [6.07, 6.45) is 0.554. The number of hydrogen-bond donors (Lipinski definition) is 1. The van der Waals surface area contributed by atoms with Crippen molar-refractivity contribution in [2.24, 2.45) is 0 Å². The number of rotatable bonds is 8. The van der Waals surface area contributed by atoms with Gasteiger partial charge in [0, 0.05) is 12.1 Å². The monoisotopic (exact) mass is 547 g/mol. The lowest BCUT2D eigenvalue weighted by Gasteiger charge is -2.26. The van der Waals surface area contributed by atoms with Crippen molar-refractivity contribution < 1.29 is 28.9 Å². The number of aliphatic hydroxyl groups excluding tert-OH is 1. The quantitative estimate of drug-likeness (QED) is 0.173. The van der Waals surface area contributed by atoms with Gasteiger partial charge in [-0.05, 0) is 53.4 Å². The number of hydrogen-bond acceptors (Lipinski definition) is 6. The minimum atomic E-state index is -0.799. The lowest BCUT2D eigenvalue weighted by Crippen LogP contribution is -2.31. The van der Waals surface area contributed by atoms with E-state index in [4.69, 9.17) is 14.2 Å². The van der Waals surface area contributed by atoms with Crippen LogP contribution in [0.1, 0.15) is 28.3 Å². The Morgan fingerprint density at radius 3 is 2.27 bits per heavy atom. The van der Waals surface area contributed by atoms with E-state index in [2.05, 4.69) is 0 Å². The topological polar surface area (TPSA) is 85.3 Å². The van der Waals surface area contributed by atoms with Crippen LogP contribution in [0.25, 0.3) is 5.76 Å². The van der Waals surface area contributed by atoms with Crippen LogP contribution in [-0.4, -0.2) is 41.5 Å². The molecule has 1 N–H and O–H groups in total. The molecule has 0 bridgehead atoms. The molecule has 2 heterocycles. The first-order valence-electron chi connectivity index (χ1n) is 13.6. The highest BCUT2D eigenvalue weighted by atomic mass is 16.6. The second kappa shape index (κ2) is 11.6. The van der Waals surface area contributed by atoms with Crippen LogP contribution in [0.15, 0.2) is 109 Å². The van der Waals surface area contributed by atoms with Crippen molar-refractivity contribution in [2.45, 2.75) is 19.1 Å². The first kappa shape index (κ1) is 26.2. The summed E-state index contributed by atoms with van der Waals surface area (Å²) in [6, 6.07) is 31.1. The molecule has 7 heteroatoms. The predicted octanol–water partition coefficient (Wildman–Crippen LogP) is 5.70. The van der Waals surface area contributed by atoms with Crippen LogP contribution in [0.3, 0.4) is 0 Å². The summed E-state index contributed by atoms with van der Waals surface area (Å²) in [7, 11) is 0. The molecule has 41 heavy (non-hydrogen) atoms. The van der Waals surface area contributed by atoms with Gasteiger partial charge in [0.2, 0.25) is 0 Å². The summed E-state index contributed by atoms with van der Waals surface area (Å²) in [5.41, 5.74) is 3.13. The fraction of sp³-hybridized carbons (Fsp3) is 0.176. The van der Waals surface area contributed by atoms with Crippen molar-refractivity contribution in [2.75, 3.05) is 19.8 Å². The number of aliphatic hydroxyl groups is 1. The van der Waals surface area contributed by atoms with Crippen LogP contribution < -0.4 is 14.2 Å². The number of nitrogens with zero attached hydrogens (tertiary/aromatic N) is 1. The largest absolute Gasteiger partial charge is 0.507 e. The Hall–Kier alpha value is -5.04. The SMILES string of the molecule is O=C1C(=O)N(CCc2ccccc2)C(c2cccc(OCc3ccccc3)c2)C1=C(O)c1ccc2c(c1)OCCO2. The number of amides is 1. The summed E-state index contributed by atoms with van der Waals surface area (Å²) in [5.74, 6) is -0.00319. The predicted molar refractivity (Wildman–Crippen MR) is 154 cm³/mol. The van der Waals surface area contributed by atoms with Gasteiger partial charge in [0.05, 0.1) is 11.6 Å². The molecule has 2 aliphatic rings. The molecule has 0 radical (unpaired) electrons. The molecule has 1 unspecified atom stereocenters. The average molecular weight is 548 g/mol. The third-order valence-corrected chi connectivity index (χ3v) is 7.26. The normalized spacial score (nSPS) is 17.5. The Kier molecular flexibility index (Phi) is 7.41. The van der Waals surface area contributed by atoms with Crippen LogP contribution in [0.5, 0.6) is 17.2 Å². The summed E-state index contributed by atoms with van der Waals surface area (Å²) in [5, 5.41) is 11.5. The highest BCUT2D eigenvalue weighted by molar-refractivity contribution is 6.46. The van der Waals surface area contributed by atoms with Gasteiger partial charge in [-0.15, -0.1) is 0 Å². The highest BCUT2D eigenvalue weighted by Gasteiger charge is 2.46. The standard InChI is InChI=1S/C34H29NO6/c36-32(26-14-15-28-29(21-26)40-19-18-39-28)30-31(35(34(38)33(30)37)17-16-23-8-3-1-4-9-23)25-12-7-13-27(20-25)41-22-24-10-5-2-6-11-24/h1-15,20-21,31,36H,16-19,22H2. The van der Waals surface area contributed by atoms with Crippen molar-refractivity contribution in [1.29, 1.82) is 0 Å². The van der Waals surface area contributed by atoms with Crippen molar-refractivity contribution in [1.82, 2.24) is 4.90 Å². The van der Waals surface area contributed by atoms with Crippen molar-refractivity contribution in [3.8, 4) is 17.2 Å². The van der Waals surface area contributed by atoms with Gasteiger partial charge in [-0.1, -0.05) is 72.8 Å². The number of likely N-dealkylation sites (tertiary alicyclic amines) is 1. The van der Waals surface area contributed by atoms with E-state index in [0.717, 1.165) is 11.1 Å². The molecule has 1 saturated heterocycles. The summed E-state index contributed by atoms with van der Waals surface area (Å²) in [6.45, 7) is 1.49. The third kappa shape index (κ3) is 5.52. The molecule has 4 aromatic carbocycles. The van der Waals surface area contributed by atoms with Gasteiger partial charge in [-0.3, -0.25) is 9.59 Å². The number of ketones is 1. The molecule has 1 amide bonds. The fourth-order valence-corrected chi connectivity index (χ4v) is 5.21. The molecule has 0 aliphatic carbocycles. The number of Topliss-reactive ketones (excluding diaryl/α,β-unsaturated/α-hetero) is 1. The van der Waals surface area contributed by atoms with Crippen molar-refractivity contribution in [3.05, 3.63) is 131 Å². The molecular formula is C34H29NO6. The minimum absolute atomic E-state index is 0.0277. The van der Waals surface area contributed by atoms with Gasteiger partial charge in [-0.2, -0.15) is 0 Å². The van der Waals surface area contributed by atoms with Gasteiger partial charge >= 0.3 is 0 Å². The van der Waals surface area contributed by atoms with Gasteiger partial charge in [0.25, 0.3) is 11.7 Å². The Morgan fingerprint density at radius 2 is 1.51 bits per heavy atom. The smallest absolute Gasteiger partial charge is 0.295 e.